The van der Waals surface area contributed by atoms with Crippen LogP contribution in [0, 0.1) is 6.92 Å². The van der Waals surface area contributed by atoms with Crippen LogP contribution in [0.25, 0.3) is 5.65 Å². The zero-order chi connectivity index (χ0) is 9.42. The van der Waals surface area contributed by atoms with Crippen molar-refractivity contribution in [2.24, 2.45) is 0 Å². The Balaban J connectivity index is 2.88. The minimum Gasteiger partial charge on any atom is -0.286 e. The molecule has 0 atom stereocenters. The predicted octanol–water partition coefficient (Wildman–Crippen LogP) is 3.03. The van der Waals surface area contributed by atoms with Gasteiger partial charge in [0.1, 0.15) is 10.8 Å². The summed E-state index contributed by atoms with van der Waals surface area (Å²) < 4.78 is 1.86. The lowest BCUT2D eigenvalue weighted by Gasteiger charge is -2.00. The van der Waals surface area contributed by atoms with E-state index in [-0.39, 0.29) is 0 Å². The van der Waals surface area contributed by atoms with Gasteiger partial charge in [-0.05, 0) is 19.1 Å². The number of halogens is 2. The average Bonchev–Trinajstić information content (AvgIpc) is 2.42. The Morgan fingerprint density at radius 2 is 2.23 bits per heavy atom. The molecular weight excluding hydrogens is 207 g/mol. The third-order valence-corrected chi connectivity index (χ3v) is 2.57. The minimum absolute atomic E-state index is 0.427. The van der Waals surface area contributed by atoms with Crippen LogP contribution in [0.5, 0.6) is 0 Å². The van der Waals surface area contributed by atoms with E-state index in [0.29, 0.717) is 11.0 Å². The van der Waals surface area contributed by atoms with Crippen molar-refractivity contribution in [2.45, 2.75) is 12.8 Å². The van der Waals surface area contributed by atoms with E-state index in [1.807, 2.05) is 29.5 Å². The summed E-state index contributed by atoms with van der Waals surface area (Å²) in [6.45, 7) is 1.93. The summed E-state index contributed by atoms with van der Waals surface area (Å²) in [6, 6.07) is 5.61. The largest absolute Gasteiger partial charge is 0.286 e. The summed E-state index contributed by atoms with van der Waals surface area (Å²) in [6.07, 6.45) is 0. The molecule has 4 heteroatoms. The van der Waals surface area contributed by atoms with Gasteiger partial charge in [-0.2, -0.15) is 0 Å². The number of aromatic nitrogens is 2. The number of nitrogens with zero attached hydrogens (tertiary/aromatic N) is 2. The number of pyridine rings is 1. The van der Waals surface area contributed by atoms with Gasteiger partial charge in [0.05, 0.1) is 17.3 Å². The van der Waals surface area contributed by atoms with Crippen molar-refractivity contribution >= 4 is 28.8 Å². The highest BCUT2D eigenvalue weighted by molar-refractivity contribution is 6.29. The van der Waals surface area contributed by atoms with E-state index in [1.54, 1.807) is 0 Å². The Bertz CT molecular complexity index is 448. The second kappa shape index (κ2) is 3.20. The maximum absolute atomic E-state index is 6.02. The van der Waals surface area contributed by atoms with Gasteiger partial charge in [-0.1, -0.05) is 17.7 Å². The summed E-state index contributed by atoms with van der Waals surface area (Å²) in [5, 5.41) is 0.647. The fourth-order valence-electron chi connectivity index (χ4n) is 1.38. The Morgan fingerprint density at radius 3 is 2.92 bits per heavy atom. The van der Waals surface area contributed by atoms with Crippen LogP contribution in [-0.4, -0.2) is 9.38 Å². The number of rotatable bonds is 1. The normalized spacial score (nSPS) is 11.0. The van der Waals surface area contributed by atoms with Crippen LogP contribution in [0.4, 0.5) is 0 Å². The van der Waals surface area contributed by atoms with Crippen LogP contribution < -0.4 is 0 Å². The van der Waals surface area contributed by atoms with Crippen LogP contribution in [-0.2, 0) is 5.88 Å². The zero-order valence-corrected chi connectivity index (χ0v) is 8.60. The third kappa shape index (κ3) is 1.30. The molecule has 0 aliphatic rings. The van der Waals surface area contributed by atoms with E-state index in [1.165, 1.54) is 0 Å². The molecule has 0 amide bonds. The Morgan fingerprint density at radius 1 is 1.46 bits per heavy atom. The molecule has 0 radical (unpaired) electrons. The quantitative estimate of drug-likeness (QED) is 0.527. The molecule has 0 spiro atoms. The van der Waals surface area contributed by atoms with E-state index in [2.05, 4.69) is 4.98 Å². The van der Waals surface area contributed by atoms with Crippen LogP contribution in [0.3, 0.4) is 0 Å². The molecule has 2 nitrogen and oxygen atoms in total. The highest BCUT2D eigenvalue weighted by atomic mass is 35.5. The standard InChI is InChI=1S/C9H8Cl2N2/c1-6-7(5-10)13-8(11)3-2-4-9(13)12-6/h2-4H,5H2,1H3. The Labute approximate surface area is 86.1 Å². The first kappa shape index (κ1) is 8.85. The molecule has 0 aliphatic carbocycles. The number of imidazole rings is 1. The minimum atomic E-state index is 0.427. The first-order valence-electron chi connectivity index (χ1n) is 3.92. The molecule has 0 unspecified atom stereocenters. The van der Waals surface area contributed by atoms with Gasteiger partial charge < -0.3 is 0 Å². The van der Waals surface area contributed by atoms with E-state index in [0.717, 1.165) is 17.0 Å². The molecule has 2 rings (SSSR count). The van der Waals surface area contributed by atoms with Gasteiger partial charge in [-0.3, -0.25) is 4.40 Å². The van der Waals surface area contributed by atoms with Crippen molar-refractivity contribution < 1.29 is 0 Å². The Hall–Kier alpha value is -0.730. The van der Waals surface area contributed by atoms with Gasteiger partial charge in [0.25, 0.3) is 0 Å². The van der Waals surface area contributed by atoms with Crippen molar-refractivity contribution in [1.82, 2.24) is 9.38 Å². The topological polar surface area (TPSA) is 17.3 Å². The fraction of sp³-hybridized carbons (Fsp3) is 0.222. The number of hydrogen-bond acceptors (Lipinski definition) is 1. The molecule has 0 saturated heterocycles. The summed E-state index contributed by atoms with van der Waals surface area (Å²) >= 11 is 11.8. The number of alkyl halides is 1. The second-order valence-corrected chi connectivity index (χ2v) is 3.47. The van der Waals surface area contributed by atoms with Crippen molar-refractivity contribution in [1.29, 1.82) is 0 Å². The molecule has 2 aromatic rings. The molecule has 0 saturated carbocycles. The van der Waals surface area contributed by atoms with Crippen LogP contribution in [0.15, 0.2) is 18.2 Å². The van der Waals surface area contributed by atoms with Crippen molar-refractivity contribution in [3.05, 3.63) is 34.7 Å². The van der Waals surface area contributed by atoms with Crippen molar-refractivity contribution in [2.75, 3.05) is 0 Å². The van der Waals surface area contributed by atoms with E-state index in [9.17, 15) is 0 Å². The second-order valence-electron chi connectivity index (χ2n) is 2.82. The maximum Gasteiger partial charge on any atom is 0.138 e. The van der Waals surface area contributed by atoms with Crippen molar-refractivity contribution in [3.63, 3.8) is 0 Å². The first-order valence-corrected chi connectivity index (χ1v) is 4.83. The van der Waals surface area contributed by atoms with Gasteiger partial charge in [-0.25, -0.2) is 4.98 Å². The predicted molar refractivity (Wildman–Crippen MR) is 54.5 cm³/mol. The number of aryl methyl sites for hydroxylation is 1. The SMILES string of the molecule is Cc1nc2cccc(Cl)n2c1CCl. The van der Waals surface area contributed by atoms with Crippen LogP contribution >= 0.6 is 23.2 Å². The third-order valence-electron chi connectivity index (χ3n) is 2.02. The average molecular weight is 215 g/mol. The molecule has 0 aliphatic heterocycles. The molecule has 2 heterocycles. The van der Waals surface area contributed by atoms with Gasteiger partial charge in [-0.15, -0.1) is 11.6 Å². The summed E-state index contributed by atoms with van der Waals surface area (Å²) in [7, 11) is 0. The van der Waals surface area contributed by atoms with Gasteiger partial charge in [0.2, 0.25) is 0 Å². The fourth-order valence-corrected chi connectivity index (χ4v) is 1.96. The lowest BCUT2D eigenvalue weighted by Crippen LogP contribution is -1.92. The van der Waals surface area contributed by atoms with Crippen molar-refractivity contribution in [3.8, 4) is 0 Å². The summed E-state index contributed by atoms with van der Waals surface area (Å²) in [5.41, 5.74) is 2.74. The van der Waals surface area contributed by atoms with E-state index in [4.69, 9.17) is 23.2 Å². The first-order chi connectivity index (χ1) is 6.24. The van der Waals surface area contributed by atoms with E-state index >= 15 is 0 Å². The van der Waals surface area contributed by atoms with E-state index < -0.39 is 0 Å². The maximum atomic E-state index is 6.02. The lowest BCUT2D eigenvalue weighted by molar-refractivity contribution is 1.07. The smallest absolute Gasteiger partial charge is 0.138 e. The van der Waals surface area contributed by atoms with Gasteiger partial charge >= 0.3 is 0 Å². The molecule has 68 valence electrons. The van der Waals surface area contributed by atoms with Crippen LogP contribution in [0.1, 0.15) is 11.4 Å². The summed E-state index contributed by atoms with van der Waals surface area (Å²) in [4.78, 5) is 4.34. The Kier molecular flexibility index (Phi) is 2.18. The van der Waals surface area contributed by atoms with Gasteiger partial charge in [0.15, 0.2) is 0 Å². The molecule has 0 fully saturated rings. The van der Waals surface area contributed by atoms with Gasteiger partial charge in [0, 0.05) is 0 Å². The summed E-state index contributed by atoms with van der Waals surface area (Å²) in [5.74, 6) is 0.427. The molecule has 13 heavy (non-hydrogen) atoms. The zero-order valence-electron chi connectivity index (χ0n) is 7.09. The van der Waals surface area contributed by atoms with Crippen LogP contribution in [0.2, 0.25) is 5.15 Å². The molecule has 2 aromatic heterocycles. The molecule has 0 N–H and O–H groups in total. The number of fused-ring (bicyclic) bond motifs is 1. The monoisotopic (exact) mass is 214 g/mol. The molecule has 0 bridgehead atoms. The highest BCUT2D eigenvalue weighted by Gasteiger charge is 2.08. The molecule has 0 aromatic carbocycles. The lowest BCUT2D eigenvalue weighted by atomic mass is 10.4. The highest BCUT2D eigenvalue weighted by Crippen LogP contribution is 2.19. The number of hydrogen-bond donors (Lipinski definition) is 0. The molecular formula is C9H8Cl2N2.